The fraction of sp³-hybridized carbons (Fsp3) is 0.227. The van der Waals surface area contributed by atoms with Gasteiger partial charge in [0.25, 0.3) is 0 Å². The molecule has 9 heteroatoms. The summed E-state index contributed by atoms with van der Waals surface area (Å²) in [6.45, 7) is 4.10. The van der Waals surface area contributed by atoms with Gasteiger partial charge in [-0.05, 0) is 19.2 Å². The standard InChI is InChI=1S/C22H21N9/c1-30-4-6-31(7-5-30)21-13-24-10-18-14(21)8-17(27-18)22-15-9-16(20-11-23-2-3-25-20)26-12-19(15)28-29-22/h2-3,8-13,27H,4-7H2,1H3,(H,28,29). The largest absolute Gasteiger partial charge is 0.367 e. The Bertz CT molecular complexity index is 1360. The van der Waals surface area contributed by atoms with Gasteiger partial charge < -0.3 is 14.8 Å². The van der Waals surface area contributed by atoms with Gasteiger partial charge in [0, 0.05) is 49.3 Å². The molecule has 1 saturated heterocycles. The zero-order valence-electron chi connectivity index (χ0n) is 17.1. The van der Waals surface area contributed by atoms with E-state index in [4.69, 9.17) is 0 Å². The van der Waals surface area contributed by atoms with Crippen LogP contribution in [-0.4, -0.2) is 73.2 Å². The molecule has 5 aromatic heterocycles. The lowest BCUT2D eigenvalue weighted by molar-refractivity contribution is 0.313. The Balaban J connectivity index is 1.44. The van der Waals surface area contributed by atoms with Crippen molar-refractivity contribution in [2.24, 2.45) is 0 Å². The number of aromatic nitrogens is 7. The van der Waals surface area contributed by atoms with Gasteiger partial charge in [-0.2, -0.15) is 5.10 Å². The summed E-state index contributed by atoms with van der Waals surface area (Å²) >= 11 is 0. The summed E-state index contributed by atoms with van der Waals surface area (Å²) in [5.41, 5.74) is 6.33. The summed E-state index contributed by atoms with van der Waals surface area (Å²) in [6, 6.07) is 4.17. The number of aromatic amines is 2. The highest BCUT2D eigenvalue weighted by atomic mass is 15.3. The molecule has 0 atom stereocenters. The van der Waals surface area contributed by atoms with E-state index in [-0.39, 0.29) is 0 Å². The predicted octanol–water partition coefficient (Wildman–Crippen LogP) is 2.71. The predicted molar refractivity (Wildman–Crippen MR) is 120 cm³/mol. The molecule has 0 spiro atoms. The molecule has 0 amide bonds. The molecule has 0 aromatic carbocycles. The third-order valence-electron chi connectivity index (χ3n) is 5.90. The molecule has 1 fully saturated rings. The normalized spacial score (nSPS) is 15.2. The number of piperazine rings is 1. The summed E-state index contributed by atoms with van der Waals surface area (Å²) in [5, 5.41) is 9.81. The first-order valence-corrected chi connectivity index (χ1v) is 10.3. The van der Waals surface area contributed by atoms with Crippen LogP contribution in [0.3, 0.4) is 0 Å². The van der Waals surface area contributed by atoms with Crippen molar-refractivity contribution in [2.45, 2.75) is 0 Å². The Labute approximate surface area is 178 Å². The average Bonchev–Trinajstić information content (AvgIpc) is 3.43. The Morgan fingerprint density at radius 3 is 2.55 bits per heavy atom. The smallest absolute Gasteiger partial charge is 0.116 e. The molecule has 5 aromatic rings. The second-order valence-electron chi connectivity index (χ2n) is 7.87. The van der Waals surface area contributed by atoms with E-state index in [2.05, 4.69) is 58.0 Å². The molecule has 9 nitrogen and oxygen atoms in total. The summed E-state index contributed by atoms with van der Waals surface area (Å²) in [5.74, 6) is 0. The molecule has 0 bridgehead atoms. The van der Waals surface area contributed by atoms with Crippen LogP contribution in [0, 0.1) is 0 Å². The summed E-state index contributed by atoms with van der Waals surface area (Å²) in [4.78, 5) is 25.8. The lowest BCUT2D eigenvalue weighted by atomic mass is 10.1. The average molecular weight is 411 g/mol. The van der Waals surface area contributed by atoms with Crippen molar-refractivity contribution in [3.8, 4) is 22.8 Å². The minimum absolute atomic E-state index is 0.731. The maximum Gasteiger partial charge on any atom is 0.116 e. The number of H-pyrrole nitrogens is 2. The zero-order chi connectivity index (χ0) is 20.8. The van der Waals surface area contributed by atoms with E-state index < -0.39 is 0 Å². The molecule has 6 heterocycles. The van der Waals surface area contributed by atoms with Crippen LogP contribution >= 0.6 is 0 Å². The zero-order valence-corrected chi connectivity index (χ0v) is 17.1. The van der Waals surface area contributed by atoms with Crippen LogP contribution in [0.4, 0.5) is 5.69 Å². The minimum Gasteiger partial charge on any atom is -0.367 e. The molecule has 0 unspecified atom stereocenters. The first kappa shape index (κ1) is 18.0. The van der Waals surface area contributed by atoms with Gasteiger partial charge in [-0.1, -0.05) is 0 Å². The van der Waals surface area contributed by atoms with Gasteiger partial charge in [-0.3, -0.25) is 25.0 Å². The molecule has 31 heavy (non-hydrogen) atoms. The maximum absolute atomic E-state index is 4.57. The van der Waals surface area contributed by atoms with Crippen molar-refractivity contribution in [1.82, 2.24) is 40.0 Å². The first-order chi connectivity index (χ1) is 15.3. The number of nitrogens with zero attached hydrogens (tertiary/aromatic N) is 7. The Morgan fingerprint density at radius 2 is 1.71 bits per heavy atom. The van der Waals surface area contributed by atoms with Crippen LogP contribution < -0.4 is 4.90 Å². The van der Waals surface area contributed by atoms with Gasteiger partial charge in [0.15, 0.2) is 0 Å². The fourth-order valence-electron chi connectivity index (χ4n) is 4.16. The first-order valence-electron chi connectivity index (χ1n) is 10.3. The molecule has 2 N–H and O–H groups in total. The number of nitrogens with one attached hydrogen (secondary N) is 2. The van der Waals surface area contributed by atoms with Crippen LogP contribution in [0.1, 0.15) is 0 Å². The van der Waals surface area contributed by atoms with Crippen LogP contribution in [0.25, 0.3) is 44.6 Å². The molecular formula is C22H21N9. The monoisotopic (exact) mass is 411 g/mol. The lowest BCUT2D eigenvalue weighted by Gasteiger charge is -2.34. The molecule has 1 aliphatic heterocycles. The lowest BCUT2D eigenvalue weighted by Crippen LogP contribution is -2.44. The van der Waals surface area contributed by atoms with Crippen molar-refractivity contribution >= 4 is 27.5 Å². The number of fused-ring (bicyclic) bond motifs is 2. The van der Waals surface area contributed by atoms with Crippen LogP contribution in [0.15, 0.2) is 49.3 Å². The van der Waals surface area contributed by atoms with Gasteiger partial charge >= 0.3 is 0 Å². The third kappa shape index (κ3) is 3.10. The quantitative estimate of drug-likeness (QED) is 0.471. The molecular weight excluding hydrogens is 390 g/mol. The van der Waals surface area contributed by atoms with Gasteiger partial charge in [0.2, 0.25) is 0 Å². The number of likely N-dealkylation sites (N-methyl/N-ethyl adjacent to an activating group) is 1. The molecule has 154 valence electrons. The van der Waals surface area contributed by atoms with E-state index in [0.717, 1.165) is 76.4 Å². The maximum atomic E-state index is 4.57. The second-order valence-corrected chi connectivity index (χ2v) is 7.87. The Hall–Kier alpha value is -3.85. The SMILES string of the molecule is CN1CCN(c2cncc3[nH]c(-c4n[nH]c5cnc(-c6cnccn6)cc45)cc23)CC1. The fourth-order valence-corrected chi connectivity index (χ4v) is 4.16. The number of anilines is 1. The summed E-state index contributed by atoms with van der Waals surface area (Å²) in [6.07, 6.45) is 10.7. The number of hydrogen-bond acceptors (Lipinski definition) is 7. The highest BCUT2D eigenvalue weighted by Gasteiger charge is 2.19. The Kier molecular flexibility index (Phi) is 4.13. The molecule has 6 rings (SSSR count). The van der Waals surface area contributed by atoms with E-state index in [1.54, 1.807) is 24.8 Å². The topological polar surface area (TPSA) is 103 Å². The van der Waals surface area contributed by atoms with E-state index in [0.29, 0.717) is 0 Å². The Morgan fingerprint density at radius 1 is 0.806 bits per heavy atom. The molecule has 1 aliphatic rings. The summed E-state index contributed by atoms with van der Waals surface area (Å²) in [7, 11) is 2.16. The second kappa shape index (κ2) is 7.13. The third-order valence-corrected chi connectivity index (χ3v) is 5.90. The van der Waals surface area contributed by atoms with E-state index in [9.17, 15) is 0 Å². The van der Waals surface area contributed by atoms with Crippen molar-refractivity contribution in [3.63, 3.8) is 0 Å². The number of rotatable bonds is 3. The highest BCUT2D eigenvalue weighted by Crippen LogP contribution is 2.33. The number of pyridine rings is 2. The van der Waals surface area contributed by atoms with Gasteiger partial charge in [0.1, 0.15) is 11.4 Å². The number of hydrogen-bond donors (Lipinski definition) is 2. The minimum atomic E-state index is 0.731. The molecule has 0 radical (unpaired) electrons. The van der Waals surface area contributed by atoms with Crippen LogP contribution in [-0.2, 0) is 0 Å². The van der Waals surface area contributed by atoms with E-state index in [1.165, 1.54) is 0 Å². The van der Waals surface area contributed by atoms with Crippen molar-refractivity contribution < 1.29 is 0 Å². The van der Waals surface area contributed by atoms with Crippen molar-refractivity contribution in [1.29, 1.82) is 0 Å². The highest BCUT2D eigenvalue weighted by molar-refractivity contribution is 6.00. The van der Waals surface area contributed by atoms with E-state index >= 15 is 0 Å². The molecule has 0 aliphatic carbocycles. The van der Waals surface area contributed by atoms with E-state index in [1.807, 2.05) is 18.5 Å². The summed E-state index contributed by atoms with van der Waals surface area (Å²) < 4.78 is 0. The van der Waals surface area contributed by atoms with Crippen molar-refractivity contribution in [2.75, 3.05) is 38.1 Å². The van der Waals surface area contributed by atoms with Gasteiger partial charge in [0.05, 0.1) is 52.9 Å². The van der Waals surface area contributed by atoms with Crippen LogP contribution in [0.2, 0.25) is 0 Å². The van der Waals surface area contributed by atoms with Gasteiger partial charge in [-0.15, -0.1) is 0 Å². The molecule has 0 saturated carbocycles. The van der Waals surface area contributed by atoms with Gasteiger partial charge in [-0.25, -0.2) is 0 Å². The van der Waals surface area contributed by atoms with Crippen molar-refractivity contribution in [3.05, 3.63) is 49.3 Å². The van der Waals surface area contributed by atoms with Crippen LogP contribution in [0.5, 0.6) is 0 Å².